The van der Waals surface area contributed by atoms with Gasteiger partial charge in [0, 0.05) is 25.6 Å². The highest BCUT2D eigenvalue weighted by Gasteiger charge is 2.25. The largest absolute Gasteiger partial charge is 0.389 e. The highest BCUT2D eigenvalue weighted by molar-refractivity contribution is 14.0. The number of benzene rings is 2. The summed E-state index contributed by atoms with van der Waals surface area (Å²) in [4.78, 5) is 6.91. The number of nitrogens with zero attached hydrogens (tertiary/aromatic N) is 2. The second-order valence-corrected chi connectivity index (χ2v) is 7.95. The van der Waals surface area contributed by atoms with Crippen LogP contribution in [0.4, 0.5) is 0 Å². The van der Waals surface area contributed by atoms with Crippen molar-refractivity contribution in [2.24, 2.45) is 10.9 Å². The zero-order chi connectivity index (χ0) is 21.7. The van der Waals surface area contributed by atoms with Gasteiger partial charge in [0.15, 0.2) is 5.96 Å². The fraction of sp³-hybridized carbons (Fsp3) is 0.480. The summed E-state index contributed by atoms with van der Waals surface area (Å²) in [6.45, 7) is 7.22. The van der Waals surface area contributed by atoms with Crippen LogP contribution in [0, 0.1) is 5.92 Å². The highest BCUT2D eigenvalue weighted by Crippen LogP contribution is 2.17. The average Bonchev–Trinajstić information content (AvgIpc) is 3.27. The number of likely N-dealkylation sites (tertiary alicyclic amines) is 1. The molecular weight excluding hydrogens is 517 g/mol. The maximum atomic E-state index is 10.3. The second kappa shape index (κ2) is 15.2. The van der Waals surface area contributed by atoms with Gasteiger partial charge >= 0.3 is 0 Å². The van der Waals surface area contributed by atoms with Crippen molar-refractivity contribution in [3.63, 3.8) is 0 Å². The Labute approximate surface area is 209 Å². The van der Waals surface area contributed by atoms with Gasteiger partial charge < -0.3 is 24.8 Å². The number of rotatable bonds is 11. The van der Waals surface area contributed by atoms with E-state index in [2.05, 4.69) is 34.3 Å². The Balaban J connectivity index is 0.00000363. The molecule has 0 radical (unpaired) electrons. The van der Waals surface area contributed by atoms with Crippen LogP contribution in [0.5, 0.6) is 0 Å². The van der Waals surface area contributed by atoms with Crippen molar-refractivity contribution in [1.82, 2.24) is 10.2 Å². The van der Waals surface area contributed by atoms with E-state index in [0.29, 0.717) is 25.7 Å². The molecule has 2 aromatic carbocycles. The number of hydrogen-bond acceptors (Lipinski definition) is 4. The van der Waals surface area contributed by atoms with E-state index in [1.165, 1.54) is 5.56 Å². The van der Waals surface area contributed by atoms with E-state index in [4.69, 9.17) is 9.47 Å². The van der Waals surface area contributed by atoms with Crippen molar-refractivity contribution in [3.8, 4) is 0 Å². The van der Waals surface area contributed by atoms with Crippen molar-refractivity contribution in [2.45, 2.75) is 32.7 Å². The zero-order valence-electron chi connectivity index (χ0n) is 18.9. The normalized spacial score (nSPS) is 17.1. The molecule has 1 aliphatic rings. The quantitative estimate of drug-likeness (QED) is 0.253. The lowest BCUT2D eigenvalue weighted by Gasteiger charge is -2.22. The van der Waals surface area contributed by atoms with Crippen molar-refractivity contribution in [3.05, 3.63) is 71.8 Å². The fourth-order valence-electron chi connectivity index (χ4n) is 3.64. The monoisotopic (exact) mass is 553 g/mol. The molecule has 2 aromatic rings. The molecule has 0 amide bonds. The van der Waals surface area contributed by atoms with Crippen molar-refractivity contribution < 1.29 is 14.6 Å². The molecule has 176 valence electrons. The molecule has 2 atom stereocenters. The minimum absolute atomic E-state index is 0. The van der Waals surface area contributed by atoms with Crippen molar-refractivity contribution >= 4 is 29.9 Å². The minimum Gasteiger partial charge on any atom is -0.389 e. The lowest BCUT2D eigenvalue weighted by Crippen LogP contribution is -2.41. The molecule has 0 saturated carbocycles. The molecule has 6 nitrogen and oxygen atoms in total. The van der Waals surface area contributed by atoms with Gasteiger partial charge in [0.1, 0.15) is 0 Å². The zero-order valence-corrected chi connectivity index (χ0v) is 21.2. The van der Waals surface area contributed by atoms with E-state index in [-0.39, 0.29) is 30.6 Å². The molecule has 0 spiro atoms. The first-order chi connectivity index (χ1) is 15.2. The summed E-state index contributed by atoms with van der Waals surface area (Å²) < 4.78 is 11.6. The summed E-state index contributed by atoms with van der Waals surface area (Å²) in [5, 5.41) is 13.6. The molecule has 0 bridgehead atoms. The van der Waals surface area contributed by atoms with Crippen LogP contribution in [0.15, 0.2) is 65.7 Å². The average molecular weight is 553 g/mol. The molecule has 2 N–H and O–H groups in total. The predicted octanol–water partition coefficient (Wildman–Crippen LogP) is 3.69. The van der Waals surface area contributed by atoms with E-state index >= 15 is 0 Å². The Bertz CT molecular complexity index is 777. The van der Waals surface area contributed by atoms with Gasteiger partial charge in [-0.3, -0.25) is 4.99 Å². The lowest BCUT2D eigenvalue weighted by molar-refractivity contribution is 0.0330. The molecule has 1 fully saturated rings. The number of aliphatic imine (C=N–C) groups is 1. The summed E-state index contributed by atoms with van der Waals surface area (Å²) in [5.74, 6) is 1.35. The van der Waals surface area contributed by atoms with Crippen LogP contribution in [-0.2, 0) is 22.7 Å². The van der Waals surface area contributed by atoms with Gasteiger partial charge in [-0.15, -0.1) is 24.0 Å². The number of hydrogen-bond donors (Lipinski definition) is 2. The number of ether oxygens (including phenoxy) is 2. The molecule has 7 heteroatoms. The molecule has 3 rings (SSSR count). The minimum atomic E-state index is -0.620. The third kappa shape index (κ3) is 9.44. The van der Waals surface area contributed by atoms with Gasteiger partial charge in [-0.25, -0.2) is 0 Å². The van der Waals surface area contributed by atoms with E-state index in [0.717, 1.165) is 44.2 Å². The third-order valence-electron chi connectivity index (χ3n) is 5.26. The van der Waals surface area contributed by atoms with Crippen molar-refractivity contribution in [2.75, 3.05) is 39.4 Å². The van der Waals surface area contributed by atoms with Crippen LogP contribution in [0.2, 0.25) is 0 Å². The number of aliphatic hydroxyl groups excluding tert-OH is 1. The number of halogens is 1. The summed E-state index contributed by atoms with van der Waals surface area (Å²) in [7, 11) is 0. The maximum absolute atomic E-state index is 10.3. The maximum Gasteiger partial charge on any atom is 0.194 e. The molecule has 2 unspecified atom stereocenters. The van der Waals surface area contributed by atoms with E-state index in [1.54, 1.807) is 0 Å². The second-order valence-electron chi connectivity index (χ2n) is 7.95. The van der Waals surface area contributed by atoms with Gasteiger partial charge in [0.25, 0.3) is 0 Å². The van der Waals surface area contributed by atoms with Crippen molar-refractivity contribution in [1.29, 1.82) is 0 Å². The van der Waals surface area contributed by atoms with Crippen LogP contribution in [-0.4, -0.2) is 61.5 Å². The Morgan fingerprint density at radius 2 is 1.69 bits per heavy atom. The number of aliphatic hydroxyl groups is 1. The lowest BCUT2D eigenvalue weighted by atomic mass is 10.1. The molecule has 32 heavy (non-hydrogen) atoms. The highest BCUT2D eigenvalue weighted by atomic mass is 127. The Morgan fingerprint density at radius 3 is 2.31 bits per heavy atom. The van der Waals surface area contributed by atoms with E-state index < -0.39 is 6.10 Å². The smallest absolute Gasteiger partial charge is 0.194 e. The van der Waals surface area contributed by atoms with Gasteiger partial charge in [-0.1, -0.05) is 60.7 Å². The first-order valence-electron chi connectivity index (χ1n) is 11.2. The fourth-order valence-corrected chi connectivity index (χ4v) is 3.64. The van der Waals surface area contributed by atoms with Gasteiger partial charge in [0.2, 0.25) is 0 Å². The van der Waals surface area contributed by atoms with Crippen LogP contribution >= 0.6 is 24.0 Å². The number of nitrogens with one attached hydrogen (secondary N) is 1. The summed E-state index contributed by atoms with van der Waals surface area (Å²) in [6.07, 6.45) is 0.465. The first kappa shape index (κ1) is 26.6. The van der Waals surface area contributed by atoms with Gasteiger partial charge in [-0.05, 0) is 24.5 Å². The molecular formula is C25H36IN3O3. The standard InChI is InChI=1S/C25H35N3O3.HI/c1-2-26-25(27-15-24(29)20-31-18-22-11-7-4-8-12-22)28-14-13-23(16-28)19-30-17-21-9-5-3-6-10-21;/h3-12,23-24,29H,2,13-20H2,1H3,(H,26,27);1H. The molecule has 1 aliphatic heterocycles. The number of guanidine groups is 1. The first-order valence-corrected chi connectivity index (χ1v) is 11.2. The predicted molar refractivity (Wildman–Crippen MR) is 139 cm³/mol. The summed E-state index contributed by atoms with van der Waals surface area (Å²) >= 11 is 0. The Hall–Kier alpha value is -1.68. The topological polar surface area (TPSA) is 66.3 Å². The van der Waals surface area contributed by atoms with Crippen LogP contribution in [0.3, 0.4) is 0 Å². The van der Waals surface area contributed by atoms with Crippen LogP contribution in [0.1, 0.15) is 24.5 Å². The van der Waals surface area contributed by atoms with E-state index in [1.807, 2.05) is 48.5 Å². The third-order valence-corrected chi connectivity index (χ3v) is 5.26. The van der Waals surface area contributed by atoms with Gasteiger partial charge in [0.05, 0.1) is 39.1 Å². The van der Waals surface area contributed by atoms with E-state index in [9.17, 15) is 5.11 Å². The van der Waals surface area contributed by atoms with Crippen LogP contribution < -0.4 is 5.32 Å². The molecule has 1 heterocycles. The Kier molecular flexibility index (Phi) is 12.6. The molecule has 0 aliphatic carbocycles. The van der Waals surface area contributed by atoms with Gasteiger partial charge in [-0.2, -0.15) is 0 Å². The summed E-state index contributed by atoms with van der Waals surface area (Å²) in [5.41, 5.74) is 2.31. The molecule has 1 saturated heterocycles. The summed E-state index contributed by atoms with van der Waals surface area (Å²) in [6, 6.07) is 20.3. The molecule has 0 aromatic heterocycles. The van der Waals surface area contributed by atoms with Crippen LogP contribution in [0.25, 0.3) is 0 Å². The Morgan fingerprint density at radius 1 is 1.06 bits per heavy atom. The SMILES string of the molecule is CCNC(=NCC(O)COCc1ccccc1)N1CCC(COCc2ccccc2)C1.I.